The second-order valence-electron chi connectivity index (χ2n) is 6.71. The van der Waals surface area contributed by atoms with Crippen molar-refractivity contribution in [3.8, 4) is 11.5 Å². The van der Waals surface area contributed by atoms with Crippen molar-refractivity contribution in [2.45, 2.75) is 13.8 Å². The summed E-state index contributed by atoms with van der Waals surface area (Å²) in [5.41, 5.74) is 1.12. The molecule has 2 aromatic carbocycles. The van der Waals surface area contributed by atoms with Crippen LogP contribution in [0.1, 0.15) is 23.9 Å². The number of ether oxygens (including phenoxy) is 2. The first kappa shape index (κ1) is 24.1. The lowest BCUT2D eigenvalue weighted by Crippen LogP contribution is -2.20. The van der Waals surface area contributed by atoms with E-state index >= 15 is 0 Å². The molecule has 0 bridgehead atoms. The Hall–Kier alpha value is -3.56. The molecule has 0 radical (unpaired) electrons. The number of carbonyl (C=O) groups is 1. The first-order valence-electron chi connectivity index (χ1n) is 9.71. The smallest absolute Gasteiger partial charge is 0.338 e. The van der Waals surface area contributed by atoms with Crippen molar-refractivity contribution in [1.82, 2.24) is 5.16 Å². The molecule has 1 heterocycles. The molecule has 33 heavy (non-hydrogen) atoms. The molecular weight excluding hydrogens is 473 g/mol. The number of carbonyl (C=O) groups excluding carboxylic acids is 1. The van der Waals surface area contributed by atoms with Gasteiger partial charge in [0.15, 0.2) is 23.8 Å². The van der Waals surface area contributed by atoms with Gasteiger partial charge in [-0.25, -0.2) is 0 Å². The molecule has 0 fully saturated rings. The van der Waals surface area contributed by atoms with E-state index in [1.165, 1.54) is 13.0 Å². The minimum Gasteiger partial charge on any atom is -0.490 e. The van der Waals surface area contributed by atoms with Crippen LogP contribution in [0.15, 0.2) is 40.9 Å². The van der Waals surface area contributed by atoms with Gasteiger partial charge in [-0.2, -0.15) is 0 Å². The number of halogens is 2. The maximum Gasteiger partial charge on any atom is 0.338 e. The highest BCUT2D eigenvalue weighted by molar-refractivity contribution is 6.35. The van der Waals surface area contributed by atoms with Crippen LogP contribution in [0.2, 0.25) is 10.0 Å². The molecule has 0 saturated heterocycles. The van der Waals surface area contributed by atoms with Gasteiger partial charge in [-0.3, -0.25) is 14.9 Å². The number of hydrogen-bond acceptors (Lipinski definition) is 7. The number of nitro groups is 1. The number of hydrogen-bond donors (Lipinski definition) is 1. The van der Waals surface area contributed by atoms with E-state index < -0.39 is 10.8 Å². The third-order valence-corrected chi connectivity index (χ3v) is 4.68. The zero-order valence-corrected chi connectivity index (χ0v) is 19.1. The normalized spacial score (nSPS) is 10.9. The second kappa shape index (κ2) is 10.8. The average molecular weight is 492 g/mol. The lowest BCUT2D eigenvalue weighted by Gasteiger charge is -2.13. The standard InChI is InChI=1S/C22H19Cl2N3O6/c1-3-31-20-8-14(5-7-19-22(27(29)30)13(2)26-33-19)4-6-18(20)32-12-21(28)25-17-10-15(23)9-16(24)11-17/h4-11H,3,12H2,1-2H3,(H,25,28)/b7-5+. The van der Waals surface area contributed by atoms with Crippen molar-refractivity contribution in [3.05, 3.63) is 73.6 Å². The first-order valence-corrected chi connectivity index (χ1v) is 10.5. The fourth-order valence-electron chi connectivity index (χ4n) is 2.87. The number of nitrogens with one attached hydrogen (secondary N) is 1. The summed E-state index contributed by atoms with van der Waals surface area (Å²) in [4.78, 5) is 22.9. The Morgan fingerprint density at radius 2 is 1.88 bits per heavy atom. The van der Waals surface area contributed by atoms with Gasteiger partial charge in [-0.1, -0.05) is 40.5 Å². The average Bonchev–Trinajstić information content (AvgIpc) is 3.11. The largest absolute Gasteiger partial charge is 0.490 e. The van der Waals surface area contributed by atoms with Crippen molar-refractivity contribution < 1.29 is 23.7 Å². The number of aromatic nitrogens is 1. The molecule has 0 saturated carbocycles. The SMILES string of the molecule is CCOc1cc(/C=C/c2onc(C)c2[N+](=O)[O-])ccc1OCC(=O)Nc1cc(Cl)cc(Cl)c1. The highest BCUT2D eigenvalue weighted by Gasteiger charge is 2.22. The third-order valence-electron chi connectivity index (χ3n) is 4.24. The molecule has 0 atom stereocenters. The molecule has 1 aromatic heterocycles. The summed E-state index contributed by atoms with van der Waals surface area (Å²) < 4.78 is 16.2. The van der Waals surface area contributed by atoms with Crippen LogP contribution in [0.25, 0.3) is 12.2 Å². The second-order valence-corrected chi connectivity index (χ2v) is 7.58. The monoisotopic (exact) mass is 491 g/mol. The Balaban J connectivity index is 1.70. The van der Waals surface area contributed by atoms with Crippen LogP contribution in [0, 0.1) is 17.0 Å². The quantitative estimate of drug-likeness (QED) is 0.297. The first-order chi connectivity index (χ1) is 15.8. The van der Waals surface area contributed by atoms with Crippen LogP contribution in [0.4, 0.5) is 11.4 Å². The Kier molecular flexibility index (Phi) is 7.92. The summed E-state index contributed by atoms with van der Waals surface area (Å²) in [5, 5.41) is 18.2. The van der Waals surface area contributed by atoms with E-state index in [2.05, 4.69) is 10.5 Å². The van der Waals surface area contributed by atoms with E-state index in [0.29, 0.717) is 39.4 Å². The fourth-order valence-corrected chi connectivity index (χ4v) is 3.39. The number of rotatable bonds is 9. The number of amides is 1. The van der Waals surface area contributed by atoms with Gasteiger partial charge in [0.25, 0.3) is 5.91 Å². The Labute approximate surface area is 199 Å². The molecule has 11 heteroatoms. The highest BCUT2D eigenvalue weighted by Crippen LogP contribution is 2.30. The summed E-state index contributed by atoms with van der Waals surface area (Å²) in [6.45, 7) is 3.39. The van der Waals surface area contributed by atoms with Crippen LogP contribution in [-0.4, -0.2) is 29.2 Å². The molecule has 9 nitrogen and oxygen atoms in total. The van der Waals surface area contributed by atoms with E-state index in [0.717, 1.165) is 0 Å². The molecule has 172 valence electrons. The van der Waals surface area contributed by atoms with Crippen LogP contribution >= 0.6 is 23.2 Å². The summed E-state index contributed by atoms with van der Waals surface area (Å²) in [5.74, 6) is 0.387. The number of nitrogens with zero attached hydrogens (tertiary/aromatic N) is 2. The summed E-state index contributed by atoms with van der Waals surface area (Å²) >= 11 is 11.9. The van der Waals surface area contributed by atoms with Gasteiger partial charge in [0, 0.05) is 15.7 Å². The van der Waals surface area contributed by atoms with E-state index in [4.69, 9.17) is 37.2 Å². The Morgan fingerprint density at radius 3 is 2.55 bits per heavy atom. The predicted molar refractivity (Wildman–Crippen MR) is 125 cm³/mol. The molecule has 3 rings (SSSR count). The summed E-state index contributed by atoms with van der Waals surface area (Å²) in [6, 6.07) is 9.71. The third kappa shape index (κ3) is 6.47. The Morgan fingerprint density at radius 1 is 1.15 bits per heavy atom. The zero-order chi connectivity index (χ0) is 24.0. The summed E-state index contributed by atoms with van der Waals surface area (Å²) in [7, 11) is 0. The molecule has 1 N–H and O–H groups in total. The van der Waals surface area contributed by atoms with E-state index in [1.54, 1.807) is 42.5 Å². The van der Waals surface area contributed by atoms with E-state index in [1.807, 2.05) is 6.92 Å². The van der Waals surface area contributed by atoms with Crippen LogP contribution < -0.4 is 14.8 Å². The molecule has 0 aliphatic carbocycles. The number of anilines is 1. The van der Waals surface area contributed by atoms with Crippen molar-refractivity contribution >= 4 is 52.6 Å². The van der Waals surface area contributed by atoms with Crippen molar-refractivity contribution in [1.29, 1.82) is 0 Å². The molecule has 0 spiro atoms. The lowest BCUT2D eigenvalue weighted by atomic mass is 10.1. The van der Waals surface area contributed by atoms with Gasteiger partial charge in [0.1, 0.15) is 0 Å². The molecule has 3 aromatic rings. The Bertz CT molecular complexity index is 1190. The van der Waals surface area contributed by atoms with Crippen LogP contribution in [0.3, 0.4) is 0 Å². The van der Waals surface area contributed by atoms with Crippen molar-refractivity contribution in [3.63, 3.8) is 0 Å². The highest BCUT2D eigenvalue weighted by atomic mass is 35.5. The van der Waals surface area contributed by atoms with Gasteiger partial charge in [0.2, 0.25) is 5.76 Å². The predicted octanol–water partition coefficient (Wildman–Crippen LogP) is 5.78. The van der Waals surface area contributed by atoms with E-state index in [9.17, 15) is 14.9 Å². The van der Waals surface area contributed by atoms with Gasteiger partial charge < -0.3 is 19.3 Å². The van der Waals surface area contributed by atoms with Crippen molar-refractivity contribution in [2.24, 2.45) is 0 Å². The topological polar surface area (TPSA) is 117 Å². The van der Waals surface area contributed by atoms with Gasteiger partial charge in [-0.05, 0) is 55.8 Å². The molecule has 0 unspecified atom stereocenters. The maximum atomic E-state index is 12.2. The van der Waals surface area contributed by atoms with Gasteiger partial charge in [0.05, 0.1) is 11.5 Å². The molecule has 1 amide bonds. The minimum atomic E-state index is -0.545. The number of aryl methyl sites for hydroxylation is 1. The van der Waals surface area contributed by atoms with Gasteiger partial charge in [-0.15, -0.1) is 0 Å². The maximum absolute atomic E-state index is 12.2. The van der Waals surface area contributed by atoms with Gasteiger partial charge >= 0.3 is 5.69 Å². The summed E-state index contributed by atoms with van der Waals surface area (Å²) in [6.07, 6.45) is 3.07. The molecule has 0 aliphatic heterocycles. The lowest BCUT2D eigenvalue weighted by molar-refractivity contribution is -0.386. The van der Waals surface area contributed by atoms with E-state index in [-0.39, 0.29) is 23.7 Å². The number of benzene rings is 2. The minimum absolute atomic E-state index is 0.0357. The molecule has 0 aliphatic rings. The van der Waals surface area contributed by atoms with Crippen LogP contribution in [-0.2, 0) is 4.79 Å². The van der Waals surface area contributed by atoms with Crippen LogP contribution in [0.5, 0.6) is 11.5 Å². The fraction of sp³-hybridized carbons (Fsp3) is 0.182. The molecular formula is C22H19Cl2N3O6. The zero-order valence-electron chi connectivity index (χ0n) is 17.6. The van der Waals surface area contributed by atoms with Crippen molar-refractivity contribution in [2.75, 3.05) is 18.5 Å².